The van der Waals surface area contributed by atoms with Crippen LogP contribution >= 0.6 is 11.6 Å². The number of halogens is 1. The zero-order valence-electron chi connectivity index (χ0n) is 11.4. The van der Waals surface area contributed by atoms with Gasteiger partial charge >= 0.3 is 0 Å². The molecule has 1 aromatic carbocycles. The van der Waals surface area contributed by atoms with Crippen LogP contribution in [0.25, 0.3) is 0 Å². The molecule has 1 atom stereocenters. The van der Waals surface area contributed by atoms with Crippen molar-refractivity contribution >= 4 is 11.6 Å². The molecule has 0 aliphatic rings. The molecule has 0 spiro atoms. The first-order valence-corrected chi connectivity index (χ1v) is 6.53. The first-order chi connectivity index (χ1) is 9.00. The highest BCUT2D eigenvalue weighted by atomic mass is 35.5. The lowest BCUT2D eigenvalue weighted by molar-refractivity contribution is 0.301. The van der Waals surface area contributed by atoms with Gasteiger partial charge in [0.15, 0.2) is 0 Å². The second kappa shape index (κ2) is 5.63. The Hall–Kier alpha value is -1.52. The van der Waals surface area contributed by atoms with Crippen molar-refractivity contribution in [3.05, 3.63) is 46.2 Å². The van der Waals surface area contributed by atoms with Crippen LogP contribution in [0.2, 0.25) is 5.15 Å². The van der Waals surface area contributed by atoms with Crippen molar-refractivity contribution in [1.29, 1.82) is 0 Å². The minimum absolute atomic E-state index is 0.0679. The zero-order chi connectivity index (χ0) is 14.0. The van der Waals surface area contributed by atoms with Crippen molar-refractivity contribution in [2.24, 2.45) is 12.8 Å². The molecule has 0 fully saturated rings. The van der Waals surface area contributed by atoms with Crippen LogP contribution < -0.4 is 10.5 Å². The van der Waals surface area contributed by atoms with E-state index in [2.05, 4.69) is 5.10 Å². The van der Waals surface area contributed by atoms with E-state index in [1.54, 1.807) is 4.68 Å². The topological polar surface area (TPSA) is 53.1 Å². The third kappa shape index (κ3) is 2.91. The maximum absolute atomic E-state index is 6.18. The molecule has 2 rings (SSSR count). The summed E-state index contributed by atoms with van der Waals surface area (Å²) in [4.78, 5) is 0. The number of benzene rings is 1. The molecule has 1 aromatic heterocycles. The minimum Gasteiger partial charge on any atom is -0.488 e. The normalized spacial score (nSPS) is 12.5. The van der Waals surface area contributed by atoms with Gasteiger partial charge in [-0.15, -0.1) is 0 Å². The van der Waals surface area contributed by atoms with E-state index in [1.807, 2.05) is 45.2 Å². The monoisotopic (exact) mass is 279 g/mol. The van der Waals surface area contributed by atoms with Gasteiger partial charge in [0.2, 0.25) is 0 Å². The van der Waals surface area contributed by atoms with Crippen LogP contribution in [0.4, 0.5) is 0 Å². The van der Waals surface area contributed by atoms with Crippen LogP contribution in [0.15, 0.2) is 24.3 Å². The Morgan fingerprint density at radius 1 is 1.42 bits per heavy atom. The van der Waals surface area contributed by atoms with Crippen LogP contribution in [-0.2, 0) is 13.7 Å². The first kappa shape index (κ1) is 13.9. The highest BCUT2D eigenvalue weighted by Gasteiger charge is 2.13. The van der Waals surface area contributed by atoms with Gasteiger partial charge in [0.25, 0.3) is 0 Å². The molecule has 2 N–H and O–H groups in total. The van der Waals surface area contributed by atoms with Gasteiger partial charge in [-0.25, -0.2) is 0 Å². The van der Waals surface area contributed by atoms with E-state index in [9.17, 15) is 0 Å². The highest BCUT2D eigenvalue weighted by molar-refractivity contribution is 6.30. The number of aryl methyl sites for hydroxylation is 2. The van der Waals surface area contributed by atoms with E-state index < -0.39 is 0 Å². The van der Waals surface area contributed by atoms with Gasteiger partial charge in [-0.05, 0) is 19.9 Å². The molecular formula is C14H18ClN3O. The SMILES string of the molecule is Cc1nn(C)c(Cl)c1COc1ccccc1C(C)N. The van der Waals surface area contributed by atoms with Crippen molar-refractivity contribution in [1.82, 2.24) is 9.78 Å². The van der Waals surface area contributed by atoms with E-state index >= 15 is 0 Å². The lowest BCUT2D eigenvalue weighted by Gasteiger charge is -2.13. The number of nitrogens with zero attached hydrogens (tertiary/aromatic N) is 2. The summed E-state index contributed by atoms with van der Waals surface area (Å²) in [5.41, 5.74) is 8.70. The molecule has 0 aliphatic carbocycles. The lowest BCUT2D eigenvalue weighted by Crippen LogP contribution is -2.08. The number of hydrogen-bond acceptors (Lipinski definition) is 3. The standard InChI is InChI=1S/C14H18ClN3O/c1-9(16)11-6-4-5-7-13(11)19-8-12-10(2)17-18(3)14(12)15/h4-7,9H,8,16H2,1-3H3. The Morgan fingerprint density at radius 2 is 2.11 bits per heavy atom. The molecule has 0 aliphatic heterocycles. The highest BCUT2D eigenvalue weighted by Crippen LogP contribution is 2.26. The molecule has 4 nitrogen and oxygen atoms in total. The van der Waals surface area contributed by atoms with E-state index in [1.165, 1.54) is 0 Å². The molecule has 0 bridgehead atoms. The Bertz CT molecular complexity index is 578. The molecule has 2 aromatic rings. The summed E-state index contributed by atoms with van der Waals surface area (Å²) in [6, 6.07) is 7.70. The van der Waals surface area contributed by atoms with Gasteiger partial charge in [-0.2, -0.15) is 5.10 Å². The summed E-state index contributed by atoms with van der Waals surface area (Å²) >= 11 is 6.18. The maximum atomic E-state index is 6.18. The maximum Gasteiger partial charge on any atom is 0.133 e. The number of ether oxygens (including phenoxy) is 1. The third-order valence-corrected chi connectivity index (χ3v) is 3.52. The summed E-state index contributed by atoms with van der Waals surface area (Å²) in [5, 5.41) is 4.87. The fraction of sp³-hybridized carbons (Fsp3) is 0.357. The minimum atomic E-state index is -0.0679. The zero-order valence-corrected chi connectivity index (χ0v) is 12.1. The smallest absolute Gasteiger partial charge is 0.133 e. The molecule has 0 saturated heterocycles. The van der Waals surface area contributed by atoms with Crippen molar-refractivity contribution in [2.45, 2.75) is 26.5 Å². The van der Waals surface area contributed by atoms with Gasteiger partial charge in [0.05, 0.1) is 5.69 Å². The molecule has 1 heterocycles. The summed E-state index contributed by atoms with van der Waals surface area (Å²) < 4.78 is 7.49. The van der Waals surface area contributed by atoms with E-state index in [0.717, 1.165) is 22.6 Å². The summed E-state index contributed by atoms with van der Waals surface area (Å²) in [6.07, 6.45) is 0. The summed E-state index contributed by atoms with van der Waals surface area (Å²) in [7, 11) is 1.81. The van der Waals surface area contributed by atoms with E-state index in [4.69, 9.17) is 22.1 Å². The largest absolute Gasteiger partial charge is 0.488 e. The van der Waals surface area contributed by atoms with Crippen LogP contribution in [0, 0.1) is 6.92 Å². The van der Waals surface area contributed by atoms with Gasteiger partial charge in [0, 0.05) is 24.2 Å². The van der Waals surface area contributed by atoms with E-state index in [0.29, 0.717) is 11.8 Å². The summed E-state index contributed by atoms with van der Waals surface area (Å²) in [6.45, 7) is 4.24. The fourth-order valence-electron chi connectivity index (χ4n) is 1.98. The first-order valence-electron chi connectivity index (χ1n) is 6.16. The van der Waals surface area contributed by atoms with Gasteiger partial charge in [0.1, 0.15) is 17.5 Å². The molecule has 0 radical (unpaired) electrons. The Kier molecular flexibility index (Phi) is 4.12. The number of aromatic nitrogens is 2. The van der Waals surface area contributed by atoms with Crippen LogP contribution in [0.3, 0.4) is 0 Å². The molecule has 1 unspecified atom stereocenters. The molecule has 19 heavy (non-hydrogen) atoms. The van der Waals surface area contributed by atoms with Crippen LogP contribution in [-0.4, -0.2) is 9.78 Å². The average Bonchev–Trinajstić information content (AvgIpc) is 2.61. The Morgan fingerprint density at radius 3 is 2.68 bits per heavy atom. The quantitative estimate of drug-likeness (QED) is 0.936. The molecule has 0 saturated carbocycles. The number of rotatable bonds is 4. The predicted octanol–water partition coefficient (Wildman–Crippen LogP) is 2.98. The number of hydrogen-bond donors (Lipinski definition) is 1. The number of nitrogens with two attached hydrogens (primary N) is 1. The van der Waals surface area contributed by atoms with Crippen molar-refractivity contribution < 1.29 is 4.74 Å². The van der Waals surface area contributed by atoms with Crippen molar-refractivity contribution in [3.8, 4) is 5.75 Å². The molecule has 5 heteroatoms. The molecule has 0 amide bonds. The molecular weight excluding hydrogens is 262 g/mol. The third-order valence-electron chi connectivity index (χ3n) is 3.05. The fourth-order valence-corrected chi connectivity index (χ4v) is 2.21. The molecule has 102 valence electrons. The van der Waals surface area contributed by atoms with Crippen LogP contribution in [0.1, 0.15) is 29.8 Å². The second-order valence-electron chi connectivity index (χ2n) is 4.59. The number of para-hydroxylation sites is 1. The van der Waals surface area contributed by atoms with Gasteiger partial charge in [-0.1, -0.05) is 29.8 Å². The van der Waals surface area contributed by atoms with Crippen molar-refractivity contribution in [2.75, 3.05) is 0 Å². The van der Waals surface area contributed by atoms with Crippen molar-refractivity contribution in [3.63, 3.8) is 0 Å². The summed E-state index contributed by atoms with van der Waals surface area (Å²) in [5.74, 6) is 0.789. The average molecular weight is 280 g/mol. The Labute approximate surface area is 118 Å². The lowest BCUT2D eigenvalue weighted by atomic mass is 10.1. The van der Waals surface area contributed by atoms with Gasteiger partial charge < -0.3 is 10.5 Å². The predicted molar refractivity (Wildman–Crippen MR) is 76.3 cm³/mol. The second-order valence-corrected chi connectivity index (χ2v) is 4.95. The van der Waals surface area contributed by atoms with Gasteiger partial charge in [-0.3, -0.25) is 4.68 Å². The van der Waals surface area contributed by atoms with Crippen LogP contribution in [0.5, 0.6) is 5.75 Å². The van der Waals surface area contributed by atoms with E-state index in [-0.39, 0.29) is 6.04 Å². The Balaban J connectivity index is 2.19.